The van der Waals surface area contributed by atoms with Gasteiger partial charge in [0.05, 0.1) is 18.8 Å². The van der Waals surface area contributed by atoms with Gasteiger partial charge >= 0.3 is 0 Å². The summed E-state index contributed by atoms with van der Waals surface area (Å²) in [5, 5.41) is 2.97. The van der Waals surface area contributed by atoms with Crippen LogP contribution in [0.15, 0.2) is 60.0 Å². The molecule has 1 N–H and O–H groups in total. The Labute approximate surface area is 159 Å². The molecule has 0 spiro atoms. The molecule has 26 heavy (non-hydrogen) atoms. The van der Waals surface area contributed by atoms with Gasteiger partial charge in [-0.15, -0.1) is 18.3 Å². The van der Waals surface area contributed by atoms with E-state index in [1.54, 1.807) is 18.9 Å². The van der Waals surface area contributed by atoms with E-state index in [-0.39, 0.29) is 12.0 Å². The monoisotopic (exact) mass is 371 g/mol. The van der Waals surface area contributed by atoms with E-state index in [9.17, 15) is 4.79 Å². The van der Waals surface area contributed by atoms with Crippen molar-refractivity contribution in [3.8, 4) is 11.5 Å². The SMILES string of the molecule is C=CCSc1ccccc1C(=O)NCc1ccc(OC(C)C)c(OC)c1. The number of hydrogen-bond donors (Lipinski definition) is 1. The van der Waals surface area contributed by atoms with Crippen molar-refractivity contribution in [1.82, 2.24) is 5.32 Å². The van der Waals surface area contributed by atoms with Crippen LogP contribution in [0.5, 0.6) is 11.5 Å². The highest BCUT2D eigenvalue weighted by molar-refractivity contribution is 7.99. The molecule has 2 rings (SSSR count). The Kier molecular flexibility index (Phi) is 7.60. The molecule has 2 aromatic carbocycles. The third-order valence-electron chi connectivity index (χ3n) is 3.53. The molecule has 0 aliphatic heterocycles. The molecular weight excluding hydrogens is 346 g/mol. The summed E-state index contributed by atoms with van der Waals surface area (Å²) < 4.78 is 11.1. The summed E-state index contributed by atoms with van der Waals surface area (Å²) in [7, 11) is 1.61. The Morgan fingerprint density at radius 2 is 2.00 bits per heavy atom. The fraction of sp³-hybridized carbons (Fsp3) is 0.286. The molecule has 0 aliphatic rings. The van der Waals surface area contributed by atoms with Crippen molar-refractivity contribution in [1.29, 1.82) is 0 Å². The van der Waals surface area contributed by atoms with E-state index in [1.165, 1.54) is 0 Å². The number of nitrogens with one attached hydrogen (secondary N) is 1. The second-order valence-electron chi connectivity index (χ2n) is 5.93. The number of thioether (sulfide) groups is 1. The predicted octanol–water partition coefficient (Wildman–Crippen LogP) is 4.69. The van der Waals surface area contributed by atoms with Gasteiger partial charge in [0.25, 0.3) is 5.91 Å². The fourth-order valence-corrected chi connectivity index (χ4v) is 3.17. The summed E-state index contributed by atoms with van der Waals surface area (Å²) in [5.74, 6) is 2.02. The minimum Gasteiger partial charge on any atom is -0.493 e. The largest absolute Gasteiger partial charge is 0.493 e. The van der Waals surface area contributed by atoms with Crippen LogP contribution in [0.2, 0.25) is 0 Å². The summed E-state index contributed by atoms with van der Waals surface area (Å²) >= 11 is 1.60. The van der Waals surface area contributed by atoms with Gasteiger partial charge in [-0.3, -0.25) is 4.79 Å². The molecule has 0 saturated carbocycles. The van der Waals surface area contributed by atoms with Crippen LogP contribution in [-0.2, 0) is 6.54 Å². The Morgan fingerprint density at radius 1 is 1.23 bits per heavy atom. The number of ether oxygens (including phenoxy) is 2. The molecule has 0 unspecified atom stereocenters. The van der Waals surface area contributed by atoms with E-state index in [0.717, 1.165) is 16.2 Å². The van der Waals surface area contributed by atoms with E-state index in [2.05, 4.69) is 11.9 Å². The van der Waals surface area contributed by atoms with Crippen LogP contribution in [0.3, 0.4) is 0 Å². The summed E-state index contributed by atoms with van der Waals surface area (Å²) in [4.78, 5) is 13.5. The highest BCUT2D eigenvalue weighted by Gasteiger charge is 2.12. The first kappa shape index (κ1) is 19.9. The van der Waals surface area contributed by atoms with Gasteiger partial charge in [0.1, 0.15) is 0 Å². The third kappa shape index (κ3) is 5.56. The van der Waals surface area contributed by atoms with Crippen molar-refractivity contribution < 1.29 is 14.3 Å². The average molecular weight is 372 g/mol. The molecular formula is C21H25NO3S. The average Bonchev–Trinajstić information content (AvgIpc) is 2.65. The molecule has 4 nitrogen and oxygen atoms in total. The van der Waals surface area contributed by atoms with E-state index < -0.39 is 0 Å². The van der Waals surface area contributed by atoms with Gasteiger partial charge < -0.3 is 14.8 Å². The smallest absolute Gasteiger partial charge is 0.252 e. The lowest BCUT2D eigenvalue weighted by Gasteiger charge is -2.15. The molecule has 0 aromatic heterocycles. The fourth-order valence-electron chi connectivity index (χ4n) is 2.38. The maximum Gasteiger partial charge on any atom is 0.252 e. The quantitative estimate of drug-likeness (QED) is 0.513. The Bertz CT molecular complexity index is 759. The van der Waals surface area contributed by atoms with Gasteiger partial charge in [-0.1, -0.05) is 24.3 Å². The van der Waals surface area contributed by atoms with Gasteiger partial charge in [0.15, 0.2) is 11.5 Å². The van der Waals surface area contributed by atoms with Crippen LogP contribution < -0.4 is 14.8 Å². The lowest BCUT2D eigenvalue weighted by atomic mass is 10.1. The molecule has 0 aliphatic carbocycles. The predicted molar refractivity (Wildman–Crippen MR) is 107 cm³/mol. The summed E-state index contributed by atoms with van der Waals surface area (Å²) in [5.41, 5.74) is 1.62. The molecule has 5 heteroatoms. The zero-order chi connectivity index (χ0) is 18.9. The van der Waals surface area contributed by atoms with Crippen molar-refractivity contribution >= 4 is 17.7 Å². The maximum atomic E-state index is 12.6. The zero-order valence-electron chi connectivity index (χ0n) is 15.5. The molecule has 0 fully saturated rings. The Morgan fingerprint density at radius 3 is 2.69 bits per heavy atom. The van der Waals surface area contributed by atoms with Crippen molar-refractivity contribution in [2.45, 2.75) is 31.4 Å². The number of rotatable bonds is 9. The number of carbonyl (C=O) groups is 1. The van der Waals surface area contributed by atoms with Crippen LogP contribution in [0.4, 0.5) is 0 Å². The maximum absolute atomic E-state index is 12.6. The van der Waals surface area contributed by atoms with Crippen LogP contribution in [-0.4, -0.2) is 24.9 Å². The minimum atomic E-state index is -0.0985. The molecule has 0 saturated heterocycles. The third-order valence-corrected chi connectivity index (χ3v) is 4.60. The molecule has 0 radical (unpaired) electrons. The topological polar surface area (TPSA) is 47.6 Å². The van der Waals surface area contributed by atoms with Gasteiger partial charge in [-0.25, -0.2) is 0 Å². The zero-order valence-corrected chi connectivity index (χ0v) is 16.3. The summed E-state index contributed by atoms with van der Waals surface area (Å²) in [6.07, 6.45) is 1.89. The molecule has 1 amide bonds. The van der Waals surface area contributed by atoms with Gasteiger partial charge in [-0.05, 0) is 43.7 Å². The van der Waals surface area contributed by atoms with Gasteiger partial charge in [0, 0.05) is 17.2 Å². The standard InChI is InChI=1S/C21H25NO3S/c1-5-12-26-20-9-7-6-8-17(20)21(23)22-14-16-10-11-18(25-15(2)3)19(13-16)24-4/h5-11,13,15H,1,12,14H2,2-4H3,(H,22,23). The highest BCUT2D eigenvalue weighted by atomic mass is 32.2. The van der Waals surface area contributed by atoms with E-state index >= 15 is 0 Å². The number of benzene rings is 2. The number of carbonyl (C=O) groups excluding carboxylic acids is 1. The highest BCUT2D eigenvalue weighted by Crippen LogP contribution is 2.29. The van der Waals surface area contributed by atoms with Crippen LogP contribution in [0, 0.1) is 0 Å². The molecule has 0 heterocycles. The number of hydrogen-bond acceptors (Lipinski definition) is 4. The van der Waals surface area contributed by atoms with Crippen molar-refractivity contribution in [3.63, 3.8) is 0 Å². The summed E-state index contributed by atoms with van der Waals surface area (Å²) in [6, 6.07) is 13.3. The molecule has 2 aromatic rings. The van der Waals surface area contributed by atoms with Crippen LogP contribution in [0.1, 0.15) is 29.8 Å². The summed E-state index contributed by atoms with van der Waals surface area (Å²) in [6.45, 7) is 8.07. The molecule has 0 atom stereocenters. The van der Waals surface area contributed by atoms with E-state index in [4.69, 9.17) is 9.47 Å². The first-order chi connectivity index (χ1) is 12.5. The van der Waals surface area contributed by atoms with E-state index in [1.807, 2.05) is 62.4 Å². The normalized spacial score (nSPS) is 10.5. The first-order valence-corrected chi connectivity index (χ1v) is 9.48. The van der Waals surface area contributed by atoms with Gasteiger partial charge in [0.2, 0.25) is 0 Å². The molecule has 0 bridgehead atoms. The van der Waals surface area contributed by atoms with Gasteiger partial charge in [-0.2, -0.15) is 0 Å². The first-order valence-electron chi connectivity index (χ1n) is 8.49. The minimum absolute atomic E-state index is 0.0685. The van der Waals surface area contributed by atoms with Crippen LogP contribution >= 0.6 is 11.8 Å². The number of amides is 1. The number of methoxy groups -OCH3 is 1. The lowest BCUT2D eigenvalue weighted by Crippen LogP contribution is -2.23. The van der Waals surface area contributed by atoms with Crippen molar-refractivity contribution in [2.24, 2.45) is 0 Å². The van der Waals surface area contributed by atoms with Crippen molar-refractivity contribution in [2.75, 3.05) is 12.9 Å². The Balaban J connectivity index is 2.06. The second-order valence-corrected chi connectivity index (χ2v) is 6.99. The second kappa shape index (κ2) is 9.92. The van der Waals surface area contributed by atoms with E-state index in [0.29, 0.717) is 23.6 Å². The lowest BCUT2D eigenvalue weighted by molar-refractivity contribution is 0.0948. The van der Waals surface area contributed by atoms with Crippen molar-refractivity contribution in [3.05, 3.63) is 66.2 Å². The molecule has 138 valence electrons. The van der Waals surface area contributed by atoms with Crippen LogP contribution in [0.25, 0.3) is 0 Å². The Hall–Kier alpha value is -2.40.